The summed E-state index contributed by atoms with van der Waals surface area (Å²) in [5.74, 6) is 0.111. The van der Waals surface area contributed by atoms with Gasteiger partial charge in [-0.2, -0.15) is 0 Å². The molecule has 3 nitrogen and oxygen atoms in total. The average Bonchev–Trinajstić information content (AvgIpc) is 2.76. The molecule has 0 aromatic heterocycles. The molecule has 1 saturated heterocycles. The monoisotopic (exact) mass is 280 g/mol. The molecule has 0 radical (unpaired) electrons. The fourth-order valence-corrected chi connectivity index (χ4v) is 2.56. The minimum absolute atomic E-state index is 0.0691. The van der Waals surface area contributed by atoms with Gasteiger partial charge in [0.1, 0.15) is 6.04 Å². The molecule has 1 N–H and O–H groups in total. The zero-order valence-electron chi connectivity index (χ0n) is 11.7. The Bertz CT molecular complexity index is 450. The third-order valence-corrected chi connectivity index (χ3v) is 3.46. The van der Waals surface area contributed by atoms with Crippen molar-refractivity contribution >= 4 is 23.2 Å². The standard InChI is InChI=1S/C15H21ClN2O/c1-15(2,3)17-14(19)13-5-4-10-18(13)12-8-6-11(16)7-9-12/h6-9,13H,4-5,10H2,1-3H3,(H,17,19). The summed E-state index contributed by atoms with van der Waals surface area (Å²) in [5.41, 5.74) is 0.877. The highest BCUT2D eigenvalue weighted by atomic mass is 35.5. The number of hydrogen-bond acceptors (Lipinski definition) is 2. The molecule has 104 valence electrons. The fraction of sp³-hybridized carbons (Fsp3) is 0.533. The van der Waals surface area contributed by atoms with Crippen LogP contribution in [0.4, 0.5) is 5.69 Å². The predicted molar refractivity (Wildman–Crippen MR) is 79.7 cm³/mol. The molecule has 1 aromatic carbocycles. The Morgan fingerprint density at radius 2 is 1.95 bits per heavy atom. The molecule has 1 aromatic rings. The van der Waals surface area contributed by atoms with E-state index in [4.69, 9.17) is 11.6 Å². The maximum absolute atomic E-state index is 12.3. The van der Waals surface area contributed by atoms with E-state index in [1.165, 1.54) is 0 Å². The lowest BCUT2D eigenvalue weighted by Crippen LogP contribution is -2.50. The summed E-state index contributed by atoms with van der Waals surface area (Å²) in [6.45, 7) is 6.94. The second-order valence-electron chi connectivity index (χ2n) is 6.07. The van der Waals surface area contributed by atoms with Gasteiger partial charge in [0.05, 0.1) is 0 Å². The zero-order chi connectivity index (χ0) is 14.0. The number of carbonyl (C=O) groups is 1. The number of anilines is 1. The Hall–Kier alpha value is -1.22. The van der Waals surface area contributed by atoms with Crippen LogP contribution in [-0.4, -0.2) is 24.0 Å². The van der Waals surface area contributed by atoms with Crippen LogP contribution in [-0.2, 0) is 4.79 Å². The first-order valence-corrected chi connectivity index (χ1v) is 7.09. The molecule has 0 aliphatic carbocycles. The van der Waals surface area contributed by atoms with E-state index in [-0.39, 0.29) is 17.5 Å². The van der Waals surface area contributed by atoms with Gasteiger partial charge in [0.2, 0.25) is 5.91 Å². The second-order valence-corrected chi connectivity index (χ2v) is 6.50. The lowest BCUT2D eigenvalue weighted by atomic mass is 10.1. The van der Waals surface area contributed by atoms with Crippen molar-refractivity contribution in [1.29, 1.82) is 0 Å². The molecule has 1 amide bonds. The molecule has 2 rings (SSSR count). The first-order valence-electron chi connectivity index (χ1n) is 6.71. The van der Waals surface area contributed by atoms with Crippen molar-refractivity contribution < 1.29 is 4.79 Å². The molecular formula is C15H21ClN2O. The summed E-state index contributed by atoms with van der Waals surface area (Å²) >= 11 is 5.91. The number of halogens is 1. The third kappa shape index (κ3) is 3.63. The van der Waals surface area contributed by atoms with Gasteiger partial charge in [-0.25, -0.2) is 0 Å². The van der Waals surface area contributed by atoms with Crippen molar-refractivity contribution in [1.82, 2.24) is 5.32 Å². The van der Waals surface area contributed by atoms with Gasteiger partial charge >= 0.3 is 0 Å². The van der Waals surface area contributed by atoms with E-state index in [1.807, 2.05) is 45.0 Å². The quantitative estimate of drug-likeness (QED) is 0.902. The number of rotatable bonds is 2. The van der Waals surface area contributed by atoms with Crippen LogP contribution in [0.1, 0.15) is 33.6 Å². The van der Waals surface area contributed by atoms with E-state index in [0.717, 1.165) is 30.1 Å². The van der Waals surface area contributed by atoms with Crippen LogP contribution < -0.4 is 10.2 Å². The SMILES string of the molecule is CC(C)(C)NC(=O)C1CCCN1c1ccc(Cl)cc1. The highest BCUT2D eigenvalue weighted by Crippen LogP contribution is 2.27. The summed E-state index contributed by atoms with van der Waals surface area (Å²) in [6.07, 6.45) is 1.95. The molecule has 0 bridgehead atoms. The van der Waals surface area contributed by atoms with E-state index < -0.39 is 0 Å². The van der Waals surface area contributed by atoms with Crippen LogP contribution in [0, 0.1) is 0 Å². The fourth-order valence-electron chi connectivity index (χ4n) is 2.43. The van der Waals surface area contributed by atoms with Crippen LogP contribution in [0.5, 0.6) is 0 Å². The molecule has 0 spiro atoms. The van der Waals surface area contributed by atoms with Crippen molar-refractivity contribution in [3.05, 3.63) is 29.3 Å². The average molecular weight is 281 g/mol. The van der Waals surface area contributed by atoms with Crippen LogP contribution in [0.25, 0.3) is 0 Å². The summed E-state index contributed by atoms with van der Waals surface area (Å²) < 4.78 is 0. The summed E-state index contributed by atoms with van der Waals surface area (Å²) in [5, 5.41) is 3.79. The van der Waals surface area contributed by atoms with E-state index in [2.05, 4.69) is 10.2 Å². The van der Waals surface area contributed by atoms with Crippen LogP contribution in [0.15, 0.2) is 24.3 Å². The molecule has 1 aliphatic rings. The lowest BCUT2D eigenvalue weighted by Gasteiger charge is -2.29. The Balaban J connectivity index is 2.12. The highest BCUT2D eigenvalue weighted by Gasteiger charge is 2.32. The van der Waals surface area contributed by atoms with Gasteiger partial charge in [0.15, 0.2) is 0 Å². The van der Waals surface area contributed by atoms with Gasteiger partial charge in [0, 0.05) is 22.8 Å². The molecule has 19 heavy (non-hydrogen) atoms. The minimum atomic E-state index is -0.189. The van der Waals surface area contributed by atoms with Gasteiger partial charge in [-0.1, -0.05) is 11.6 Å². The highest BCUT2D eigenvalue weighted by molar-refractivity contribution is 6.30. The Labute approximate surface area is 119 Å². The lowest BCUT2D eigenvalue weighted by molar-refractivity contribution is -0.123. The topological polar surface area (TPSA) is 32.3 Å². The number of hydrogen-bond donors (Lipinski definition) is 1. The van der Waals surface area contributed by atoms with Crippen LogP contribution in [0.3, 0.4) is 0 Å². The van der Waals surface area contributed by atoms with E-state index in [1.54, 1.807) is 0 Å². The van der Waals surface area contributed by atoms with E-state index >= 15 is 0 Å². The number of amides is 1. The summed E-state index contributed by atoms with van der Waals surface area (Å²) in [6, 6.07) is 7.62. The second kappa shape index (κ2) is 5.41. The van der Waals surface area contributed by atoms with E-state index in [0.29, 0.717) is 0 Å². The number of nitrogens with one attached hydrogen (secondary N) is 1. The maximum atomic E-state index is 12.3. The largest absolute Gasteiger partial charge is 0.360 e. The van der Waals surface area contributed by atoms with E-state index in [9.17, 15) is 4.79 Å². The van der Waals surface area contributed by atoms with Gasteiger partial charge < -0.3 is 10.2 Å². The van der Waals surface area contributed by atoms with Crippen molar-refractivity contribution in [2.75, 3.05) is 11.4 Å². The summed E-state index contributed by atoms with van der Waals surface area (Å²) in [7, 11) is 0. The molecule has 1 atom stereocenters. The smallest absolute Gasteiger partial charge is 0.243 e. The molecule has 1 aliphatic heterocycles. The van der Waals surface area contributed by atoms with Crippen molar-refractivity contribution in [3.8, 4) is 0 Å². The van der Waals surface area contributed by atoms with Gasteiger partial charge in [0.25, 0.3) is 0 Å². The van der Waals surface area contributed by atoms with Gasteiger partial charge in [-0.15, -0.1) is 0 Å². The Morgan fingerprint density at radius 3 is 2.53 bits per heavy atom. The van der Waals surface area contributed by atoms with Gasteiger partial charge in [-0.3, -0.25) is 4.79 Å². The first kappa shape index (κ1) is 14.2. The number of benzene rings is 1. The molecule has 4 heteroatoms. The maximum Gasteiger partial charge on any atom is 0.243 e. The normalized spacial score (nSPS) is 19.6. The molecular weight excluding hydrogens is 260 g/mol. The Kier molecular flexibility index (Phi) is 4.04. The van der Waals surface area contributed by atoms with Crippen molar-refractivity contribution in [3.63, 3.8) is 0 Å². The van der Waals surface area contributed by atoms with Crippen molar-refractivity contribution in [2.24, 2.45) is 0 Å². The minimum Gasteiger partial charge on any atom is -0.360 e. The van der Waals surface area contributed by atoms with Crippen molar-refractivity contribution in [2.45, 2.75) is 45.2 Å². The van der Waals surface area contributed by atoms with Crippen LogP contribution in [0.2, 0.25) is 5.02 Å². The third-order valence-electron chi connectivity index (χ3n) is 3.21. The molecule has 1 unspecified atom stereocenters. The number of nitrogens with zero attached hydrogens (tertiary/aromatic N) is 1. The Morgan fingerprint density at radius 1 is 1.32 bits per heavy atom. The predicted octanol–water partition coefficient (Wildman–Crippen LogP) is 3.22. The van der Waals surface area contributed by atoms with Crippen LogP contribution >= 0.6 is 11.6 Å². The molecule has 1 heterocycles. The summed E-state index contributed by atoms with van der Waals surface area (Å²) in [4.78, 5) is 14.5. The van der Waals surface area contributed by atoms with Gasteiger partial charge in [-0.05, 0) is 57.9 Å². The molecule has 1 fully saturated rings. The zero-order valence-corrected chi connectivity index (χ0v) is 12.5. The first-order chi connectivity index (χ1) is 8.87. The number of carbonyl (C=O) groups excluding carboxylic acids is 1. The molecule has 0 saturated carbocycles.